The summed E-state index contributed by atoms with van der Waals surface area (Å²) in [5, 5.41) is 0. The van der Waals surface area contributed by atoms with Gasteiger partial charge in [0, 0.05) is 18.2 Å². The standard InChI is InChI=1S/C16H11F2NO2/c17-11-5-6-13(14(18)7-11)15(20)9-19-8-10-3-1-2-4-12(10)16(19)21/h1-7H,8-9H2. The Kier molecular flexibility index (Phi) is 3.25. The topological polar surface area (TPSA) is 37.4 Å². The van der Waals surface area contributed by atoms with Crippen molar-refractivity contribution in [2.75, 3.05) is 6.54 Å². The number of amides is 1. The first-order chi connectivity index (χ1) is 10.1. The molecule has 1 heterocycles. The van der Waals surface area contributed by atoms with Crippen molar-refractivity contribution in [2.45, 2.75) is 6.54 Å². The summed E-state index contributed by atoms with van der Waals surface area (Å²) in [5.74, 6) is -2.45. The maximum Gasteiger partial charge on any atom is 0.254 e. The molecule has 21 heavy (non-hydrogen) atoms. The normalized spacial score (nSPS) is 13.4. The molecular formula is C16H11F2NO2. The summed E-state index contributed by atoms with van der Waals surface area (Å²) in [7, 11) is 0. The highest BCUT2D eigenvalue weighted by atomic mass is 19.1. The van der Waals surface area contributed by atoms with Crippen molar-refractivity contribution in [3.05, 3.63) is 70.8 Å². The van der Waals surface area contributed by atoms with E-state index < -0.39 is 17.4 Å². The molecule has 0 spiro atoms. The van der Waals surface area contributed by atoms with Gasteiger partial charge in [0.25, 0.3) is 5.91 Å². The van der Waals surface area contributed by atoms with Crippen molar-refractivity contribution >= 4 is 11.7 Å². The van der Waals surface area contributed by atoms with Crippen molar-refractivity contribution in [2.24, 2.45) is 0 Å². The number of hydrogen-bond donors (Lipinski definition) is 0. The van der Waals surface area contributed by atoms with Gasteiger partial charge >= 0.3 is 0 Å². The molecule has 0 atom stereocenters. The van der Waals surface area contributed by atoms with Crippen LogP contribution in [0.1, 0.15) is 26.3 Å². The largest absolute Gasteiger partial charge is 0.327 e. The summed E-state index contributed by atoms with van der Waals surface area (Å²) in [6.45, 7) is 0.0969. The maximum atomic E-state index is 13.6. The second kappa shape index (κ2) is 5.09. The van der Waals surface area contributed by atoms with E-state index in [0.29, 0.717) is 18.2 Å². The van der Waals surface area contributed by atoms with Gasteiger partial charge in [-0.25, -0.2) is 8.78 Å². The van der Waals surface area contributed by atoms with Gasteiger partial charge < -0.3 is 4.90 Å². The van der Waals surface area contributed by atoms with Crippen LogP contribution in [0.4, 0.5) is 8.78 Å². The summed E-state index contributed by atoms with van der Waals surface area (Å²) in [5.41, 5.74) is 1.19. The zero-order chi connectivity index (χ0) is 15.0. The Morgan fingerprint density at radius 1 is 1.14 bits per heavy atom. The Balaban J connectivity index is 1.79. The number of fused-ring (bicyclic) bond motifs is 1. The maximum absolute atomic E-state index is 13.6. The first kappa shape index (κ1) is 13.4. The summed E-state index contributed by atoms with van der Waals surface area (Å²) >= 11 is 0. The van der Waals surface area contributed by atoms with Gasteiger partial charge in [0.2, 0.25) is 0 Å². The minimum Gasteiger partial charge on any atom is -0.327 e. The predicted molar refractivity (Wildman–Crippen MR) is 71.9 cm³/mol. The van der Waals surface area contributed by atoms with Crippen LogP contribution in [0.15, 0.2) is 42.5 Å². The molecule has 0 aromatic heterocycles. The third-order valence-electron chi connectivity index (χ3n) is 3.46. The van der Waals surface area contributed by atoms with Gasteiger partial charge in [0.05, 0.1) is 12.1 Å². The van der Waals surface area contributed by atoms with E-state index in [2.05, 4.69) is 0 Å². The van der Waals surface area contributed by atoms with E-state index in [1.165, 1.54) is 4.90 Å². The number of carbonyl (C=O) groups excluding carboxylic acids is 2. The van der Waals surface area contributed by atoms with E-state index in [4.69, 9.17) is 0 Å². The number of ketones is 1. The fourth-order valence-corrected chi connectivity index (χ4v) is 2.42. The van der Waals surface area contributed by atoms with Crippen LogP contribution in [0.3, 0.4) is 0 Å². The Morgan fingerprint density at radius 2 is 1.90 bits per heavy atom. The lowest BCUT2D eigenvalue weighted by molar-refractivity contribution is 0.0727. The van der Waals surface area contributed by atoms with Crippen LogP contribution in [-0.2, 0) is 6.54 Å². The zero-order valence-corrected chi connectivity index (χ0v) is 11.0. The lowest BCUT2D eigenvalue weighted by Crippen LogP contribution is -2.30. The molecule has 1 amide bonds. The third kappa shape index (κ3) is 2.42. The summed E-state index contributed by atoms with van der Waals surface area (Å²) in [4.78, 5) is 25.6. The van der Waals surface area contributed by atoms with Crippen molar-refractivity contribution in [1.82, 2.24) is 4.90 Å². The monoisotopic (exact) mass is 287 g/mol. The highest BCUT2D eigenvalue weighted by Gasteiger charge is 2.29. The lowest BCUT2D eigenvalue weighted by atomic mass is 10.1. The van der Waals surface area contributed by atoms with E-state index in [9.17, 15) is 18.4 Å². The smallest absolute Gasteiger partial charge is 0.254 e. The molecule has 2 aromatic rings. The molecular weight excluding hydrogens is 276 g/mol. The quantitative estimate of drug-likeness (QED) is 0.814. The fourth-order valence-electron chi connectivity index (χ4n) is 2.42. The van der Waals surface area contributed by atoms with Crippen LogP contribution >= 0.6 is 0 Å². The average Bonchev–Trinajstić information content (AvgIpc) is 2.76. The molecule has 106 valence electrons. The molecule has 5 heteroatoms. The average molecular weight is 287 g/mol. The molecule has 0 N–H and O–H groups in total. The minimum absolute atomic E-state index is 0.208. The fraction of sp³-hybridized carbons (Fsp3) is 0.125. The number of nitrogens with zero attached hydrogens (tertiary/aromatic N) is 1. The molecule has 3 rings (SSSR count). The summed E-state index contributed by atoms with van der Waals surface area (Å²) in [6, 6.07) is 9.86. The van der Waals surface area contributed by atoms with E-state index in [0.717, 1.165) is 17.7 Å². The van der Waals surface area contributed by atoms with E-state index in [1.807, 2.05) is 12.1 Å². The number of halogens is 2. The zero-order valence-electron chi connectivity index (χ0n) is 11.0. The molecule has 1 aliphatic rings. The molecule has 0 unspecified atom stereocenters. The SMILES string of the molecule is O=C(CN1Cc2ccccc2C1=O)c1ccc(F)cc1F. The Labute approximate surface area is 119 Å². The predicted octanol–water partition coefficient (Wildman–Crippen LogP) is 2.80. The molecule has 0 saturated carbocycles. The van der Waals surface area contributed by atoms with Gasteiger partial charge in [0.15, 0.2) is 5.78 Å². The lowest BCUT2D eigenvalue weighted by Gasteiger charge is -2.14. The van der Waals surface area contributed by atoms with Gasteiger partial charge in [-0.1, -0.05) is 18.2 Å². The Morgan fingerprint density at radius 3 is 2.62 bits per heavy atom. The van der Waals surface area contributed by atoms with Crippen molar-refractivity contribution in [1.29, 1.82) is 0 Å². The Bertz CT molecular complexity index is 743. The van der Waals surface area contributed by atoms with Crippen LogP contribution in [-0.4, -0.2) is 23.1 Å². The van der Waals surface area contributed by atoms with Crippen molar-refractivity contribution in [3.8, 4) is 0 Å². The number of rotatable bonds is 3. The molecule has 2 aromatic carbocycles. The highest BCUT2D eigenvalue weighted by molar-refractivity contribution is 6.04. The van der Waals surface area contributed by atoms with Crippen LogP contribution in [0, 0.1) is 11.6 Å². The van der Waals surface area contributed by atoms with Crippen LogP contribution in [0.5, 0.6) is 0 Å². The minimum atomic E-state index is -0.913. The summed E-state index contributed by atoms with van der Waals surface area (Å²) < 4.78 is 26.4. The number of benzene rings is 2. The molecule has 0 bridgehead atoms. The van der Waals surface area contributed by atoms with Gasteiger partial charge in [0.1, 0.15) is 11.6 Å². The molecule has 0 saturated heterocycles. The van der Waals surface area contributed by atoms with Crippen molar-refractivity contribution < 1.29 is 18.4 Å². The molecule has 3 nitrogen and oxygen atoms in total. The number of hydrogen-bond acceptors (Lipinski definition) is 2. The van der Waals surface area contributed by atoms with Gasteiger partial charge in [-0.3, -0.25) is 9.59 Å². The molecule has 1 aliphatic heterocycles. The first-order valence-electron chi connectivity index (χ1n) is 6.41. The Hall–Kier alpha value is -2.56. The third-order valence-corrected chi connectivity index (χ3v) is 3.46. The molecule has 0 radical (unpaired) electrons. The number of carbonyl (C=O) groups is 2. The summed E-state index contributed by atoms with van der Waals surface area (Å²) in [6.07, 6.45) is 0. The second-order valence-corrected chi connectivity index (χ2v) is 4.87. The van der Waals surface area contributed by atoms with Gasteiger partial charge in [-0.05, 0) is 23.8 Å². The van der Waals surface area contributed by atoms with Crippen molar-refractivity contribution in [3.63, 3.8) is 0 Å². The van der Waals surface area contributed by atoms with Crippen LogP contribution < -0.4 is 0 Å². The van der Waals surface area contributed by atoms with Crippen LogP contribution in [0.2, 0.25) is 0 Å². The van der Waals surface area contributed by atoms with E-state index in [1.54, 1.807) is 12.1 Å². The molecule has 0 aliphatic carbocycles. The van der Waals surface area contributed by atoms with E-state index in [-0.39, 0.29) is 18.0 Å². The molecule has 0 fully saturated rings. The second-order valence-electron chi connectivity index (χ2n) is 4.87. The highest BCUT2D eigenvalue weighted by Crippen LogP contribution is 2.22. The van der Waals surface area contributed by atoms with E-state index >= 15 is 0 Å². The van der Waals surface area contributed by atoms with Crippen LogP contribution in [0.25, 0.3) is 0 Å². The van der Waals surface area contributed by atoms with Gasteiger partial charge in [-0.15, -0.1) is 0 Å². The number of Topliss-reactive ketones (excluding diaryl/α,β-unsaturated/α-hetero) is 1. The first-order valence-corrected chi connectivity index (χ1v) is 6.41. The van der Waals surface area contributed by atoms with Gasteiger partial charge in [-0.2, -0.15) is 0 Å².